The fourth-order valence-electron chi connectivity index (χ4n) is 2.76. The molecule has 1 aliphatic heterocycles. The second kappa shape index (κ2) is 7.33. The van der Waals surface area contributed by atoms with E-state index in [9.17, 15) is 13.2 Å². The number of rotatable bonds is 5. The van der Waals surface area contributed by atoms with Crippen molar-refractivity contribution in [2.75, 3.05) is 13.1 Å². The third-order valence-corrected chi connectivity index (χ3v) is 6.10. The van der Waals surface area contributed by atoms with Crippen LogP contribution in [0.1, 0.15) is 34.5 Å². The highest BCUT2D eigenvalue weighted by molar-refractivity contribution is 7.89. The molecule has 0 N–H and O–H groups in total. The zero-order valence-electron chi connectivity index (χ0n) is 14.0. The van der Waals surface area contributed by atoms with Crippen LogP contribution in [0.25, 0.3) is 0 Å². The number of ether oxygens (including phenoxy) is 1. The highest BCUT2D eigenvalue weighted by Gasteiger charge is 2.28. The maximum absolute atomic E-state index is 12.7. The number of carbonyl (C=O) groups excluding carboxylic acids is 1. The van der Waals surface area contributed by atoms with Crippen LogP contribution < -0.4 is 0 Å². The quantitative estimate of drug-likeness (QED) is 0.766. The summed E-state index contributed by atoms with van der Waals surface area (Å²) in [5, 5.41) is 0. The Labute approximate surface area is 147 Å². The second-order valence-corrected chi connectivity index (χ2v) is 7.92. The van der Waals surface area contributed by atoms with Crippen molar-refractivity contribution >= 4 is 16.0 Å². The minimum absolute atomic E-state index is 0.0439. The number of pyridine rings is 1. The Bertz CT molecular complexity index is 860. The van der Waals surface area contributed by atoms with Gasteiger partial charge in [0.25, 0.3) is 0 Å². The first kappa shape index (κ1) is 17.6. The van der Waals surface area contributed by atoms with Crippen molar-refractivity contribution in [2.24, 2.45) is 0 Å². The van der Waals surface area contributed by atoms with Gasteiger partial charge in [-0.25, -0.2) is 13.2 Å². The van der Waals surface area contributed by atoms with Crippen LogP contribution >= 0.6 is 0 Å². The summed E-state index contributed by atoms with van der Waals surface area (Å²) in [6.07, 6.45) is 3.35. The summed E-state index contributed by atoms with van der Waals surface area (Å²) in [7, 11) is -3.57. The molecule has 1 saturated heterocycles. The molecule has 25 heavy (non-hydrogen) atoms. The van der Waals surface area contributed by atoms with Crippen molar-refractivity contribution in [3.8, 4) is 0 Å². The number of carbonyl (C=O) groups is 1. The Morgan fingerprint density at radius 2 is 1.96 bits per heavy atom. The van der Waals surface area contributed by atoms with E-state index in [0.717, 1.165) is 12.8 Å². The van der Waals surface area contributed by atoms with E-state index in [1.807, 2.05) is 6.07 Å². The largest absolute Gasteiger partial charge is 0.456 e. The van der Waals surface area contributed by atoms with Gasteiger partial charge in [-0.2, -0.15) is 4.31 Å². The van der Waals surface area contributed by atoms with Crippen molar-refractivity contribution < 1.29 is 17.9 Å². The lowest BCUT2D eigenvalue weighted by Crippen LogP contribution is -2.28. The summed E-state index contributed by atoms with van der Waals surface area (Å²) >= 11 is 0. The van der Waals surface area contributed by atoms with Crippen LogP contribution in [0.3, 0.4) is 0 Å². The van der Waals surface area contributed by atoms with Crippen LogP contribution in [-0.2, 0) is 21.4 Å². The highest BCUT2D eigenvalue weighted by Crippen LogP contribution is 2.23. The van der Waals surface area contributed by atoms with Crippen LogP contribution in [0.4, 0.5) is 0 Å². The molecule has 0 saturated carbocycles. The number of benzene rings is 1. The average Bonchev–Trinajstić information content (AvgIpc) is 3.16. The first-order valence-corrected chi connectivity index (χ1v) is 9.60. The van der Waals surface area contributed by atoms with Gasteiger partial charge in [0.1, 0.15) is 6.61 Å². The van der Waals surface area contributed by atoms with Crippen LogP contribution in [0.5, 0.6) is 0 Å². The molecular weight excluding hydrogens is 340 g/mol. The SMILES string of the molecule is Cc1ccc(S(=O)(=O)N2CCCC2)cc1C(=O)OCc1ccccn1. The van der Waals surface area contributed by atoms with Crippen LogP contribution in [0.2, 0.25) is 0 Å². The van der Waals surface area contributed by atoms with Crippen molar-refractivity contribution in [2.45, 2.75) is 31.3 Å². The lowest BCUT2D eigenvalue weighted by Gasteiger charge is -2.16. The fraction of sp³-hybridized carbons (Fsp3) is 0.333. The molecule has 2 heterocycles. The maximum Gasteiger partial charge on any atom is 0.338 e. The summed E-state index contributed by atoms with van der Waals surface area (Å²) < 4.78 is 32.1. The molecule has 2 aromatic rings. The van der Waals surface area contributed by atoms with E-state index < -0.39 is 16.0 Å². The first-order chi connectivity index (χ1) is 12.0. The molecule has 6 nitrogen and oxygen atoms in total. The summed E-state index contributed by atoms with van der Waals surface area (Å²) in [5.41, 5.74) is 1.57. The smallest absolute Gasteiger partial charge is 0.338 e. The topological polar surface area (TPSA) is 76.6 Å². The molecule has 1 aliphatic rings. The fourth-order valence-corrected chi connectivity index (χ4v) is 4.30. The Kier molecular flexibility index (Phi) is 5.15. The van der Waals surface area contributed by atoms with E-state index in [0.29, 0.717) is 24.3 Å². The van der Waals surface area contributed by atoms with Crippen molar-refractivity contribution in [1.82, 2.24) is 9.29 Å². The Morgan fingerprint density at radius 1 is 1.20 bits per heavy atom. The van der Waals surface area contributed by atoms with E-state index in [4.69, 9.17) is 4.74 Å². The molecule has 0 unspecified atom stereocenters. The number of aromatic nitrogens is 1. The third-order valence-electron chi connectivity index (χ3n) is 4.21. The van der Waals surface area contributed by atoms with Crippen molar-refractivity contribution in [1.29, 1.82) is 0 Å². The predicted octanol–water partition coefficient (Wildman–Crippen LogP) is 2.53. The Balaban J connectivity index is 1.80. The van der Waals surface area contributed by atoms with Gasteiger partial charge in [0.15, 0.2) is 0 Å². The summed E-state index contributed by atoms with van der Waals surface area (Å²) in [6.45, 7) is 2.84. The van der Waals surface area contributed by atoms with Gasteiger partial charge < -0.3 is 4.74 Å². The lowest BCUT2D eigenvalue weighted by molar-refractivity contribution is 0.0466. The van der Waals surface area contributed by atoms with Crippen molar-refractivity contribution in [3.63, 3.8) is 0 Å². The summed E-state index contributed by atoms with van der Waals surface area (Å²) in [5.74, 6) is -0.554. The van der Waals surface area contributed by atoms with Crippen LogP contribution in [0, 0.1) is 6.92 Å². The molecule has 3 rings (SSSR count). The number of hydrogen-bond acceptors (Lipinski definition) is 5. The standard InChI is InChI=1S/C18H20N2O4S/c1-14-7-8-16(25(22,23)20-10-4-5-11-20)12-17(14)18(21)24-13-15-6-2-3-9-19-15/h2-3,6-9,12H,4-5,10-11,13H2,1H3. The van der Waals surface area contributed by atoms with Gasteiger partial charge in [-0.05, 0) is 49.6 Å². The van der Waals surface area contributed by atoms with Gasteiger partial charge >= 0.3 is 5.97 Å². The van der Waals surface area contributed by atoms with Gasteiger partial charge in [-0.15, -0.1) is 0 Å². The van der Waals surface area contributed by atoms with E-state index in [1.54, 1.807) is 37.4 Å². The molecule has 132 valence electrons. The molecular formula is C18H20N2O4S. The minimum Gasteiger partial charge on any atom is -0.456 e. The van der Waals surface area contributed by atoms with Crippen molar-refractivity contribution in [3.05, 3.63) is 59.4 Å². The van der Waals surface area contributed by atoms with Crippen LogP contribution in [-0.4, -0.2) is 36.8 Å². The second-order valence-electron chi connectivity index (χ2n) is 5.99. The van der Waals surface area contributed by atoms with E-state index in [2.05, 4.69) is 4.98 Å². The Hall–Kier alpha value is -2.25. The molecule has 0 atom stereocenters. The first-order valence-electron chi connectivity index (χ1n) is 8.16. The number of esters is 1. The maximum atomic E-state index is 12.7. The summed E-state index contributed by atoms with van der Waals surface area (Å²) in [4.78, 5) is 16.6. The van der Waals surface area contributed by atoms with E-state index in [-0.39, 0.29) is 17.1 Å². The average molecular weight is 360 g/mol. The number of sulfonamides is 1. The normalized spacial score (nSPS) is 15.2. The monoisotopic (exact) mass is 360 g/mol. The zero-order chi connectivity index (χ0) is 17.9. The number of nitrogens with zero attached hydrogens (tertiary/aromatic N) is 2. The molecule has 0 aliphatic carbocycles. The third kappa shape index (κ3) is 3.88. The van der Waals surface area contributed by atoms with Gasteiger partial charge in [-0.1, -0.05) is 12.1 Å². The number of hydrogen-bond donors (Lipinski definition) is 0. The molecule has 0 amide bonds. The molecule has 1 fully saturated rings. The highest BCUT2D eigenvalue weighted by atomic mass is 32.2. The predicted molar refractivity (Wildman–Crippen MR) is 92.5 cm³/mol. The van der Waals surface area contributed by atoms with E-state index >= 15 is 0 Å². The molecule has 0 spiro atoms. The zero-order valence-corrected chi connectivity index (χ0v) is 14.8. The van der Waals surface area contributed by atoms with E-state index in [1.165, 1.54) is 10.4 Å². The molecule has 7 heteroatoms. The summed E-state index contributed by atoms with van der Waals surface area (Å²) in [6, 6.07) is 9.93. The molecule has 0 bridgehead atoms. The molecule has 0 radical (unpaired) electrons. The van der Waals surface area contributed by atoms with Gasteiger partial charge in [-0.3, -0.25) is 4.98 Å². The number of aryl methyl sites for hydroxylation is 1. The van der Waals surface area contributed by atoms with Crippen LogP contribution in [0.15, 0.2) is 47.5 Å². The molecule has 1 aromatic carbocycles. The molecule has 1 aromatic heterocycles. The van der Waals surface area contributed by atoms with Gasteiger partial charge in [0.05, 0.1) is 16.2 Å². The van der Waals surface area contributed by atoms with Gasteiger partial charge in [0, 0.05) is 19.3 Å². The van der Waals surface area contributed by atoms with Gasteiger partial charge in [0.2, 0.25) is 10.0 Å². The minimum atomic E-state index is -3.57. The lowest BCUT2D eigenvalue weighted by atomic mass is 10.1. The Morgan fingerprint density at radius 3 is 2.64 bits per heavy atom.